The molecule has 0 aliphatic carbocycles. The van der Waals surface area contributed by atoms with E-state index in [0.29, 0.717) is 6.42 Å². The first-order valence-corrected chi connectivity index (χ1v) is 5.47. The molecule has 0 spiro atoms. The monoisotopic (exact) mass is 290 g/mol. The summed E-state index contributed by atoms with van der Waals surface area (Å²) in [4.78, 5) is 0. The molecule has 18 heavy (non-hydrogen) atoms. The van der Waals surface area contributed by atoms with Crippen molar-refractivity contribution in [2.24, 2.45) is 5.41 Å². The molecule has 0 atom stereocenters. The van der Waals surface area contributed by atoms with Crippen LogP contribution in [0.1, 0.15) is 85.6 Å². The van der Waals surface area contributed by atoms with E-state index in [9.17, 15) is 8.42 Å². The fourth-order valence-electron chi connectivity index (χ4n) is 0.775. The van der Waals surface area contributed by atoms with Gasteiger partial charge in [0, 0.05) is 0 Å². The van der Waals surface area contributed by atoms with E-state index < -0.39 is 20.3 Å². The van der Waals surface area contributed by atoms with E-state index in [1.165, 1.54) is 0 Å². The zero-order valence-corrected chi connectivity index (χ0v) is 9.20. The Morgan fingerprint density at radius 1 is 0.833 bits per heavy atom. The summed E-state index contributed by atoms with van der Waals surface area (Å²) in [5, 5.41) is 0. The molecule has 0 aliphatic rings. The third-order valence-corrected chi connectivity index (χ3v) is 5.00. The quantitative estimate of drug-likeness (QED) is 0.658. The summed E-state index contributed by atoms with van der Waals surface area (Å²) in [5.74, 6) is 0. The van der Waals surface area contributed by atoms with Crippen LogP contribution >= 0.6 is 0 Å². The van der Waals surface area contributed by atoms with E-state index in [-0.39, 0.29) is 44.6 Å². The van der Waals surface area contributed by atoms with Crippen molar-refractivity contribution in [1.29, 1.82) is 0 Å². The highest BCUT2D eigenvalue weighted by Gasteiger charge is 2.45. The lowest BCUT2D eigenvalue weighted by atomic mass is 9.78. The average Bonchev–Trinajstić information content (AvgIpc) is 1.85. The minimum absolute atomic E-state index is 0. The highest BCUT2D eigenvalue weighted by molar-refractivity contribution is 7.87. The molecule has 1 N–H and O–H groups in total. The molecule has 0 radical (unpaired) electrons. The van der Waals surface area contributed by atoms with Crippen molar-refractivity contribution in [3.63, 3.8) is 0 Å². The Labute approximate surface area is 119 Å². The number of hydrogen-bond donors (Lipinski definition) is 1. The lowest BCUT2D eigenvalue weighted by Crippen LogP contribution is -2.45. The van der Waals surface area contributed by atoms with E-state index in [2.05, 4.69) is 0 Å². The first-order chi connectivity index (χ1) is 5.06. The van der Waals surface area contributed by atoms with Crippen molar-refractivity contribution >= 4 is 10.1 Å². The number of hydrogen-bond acceptors (Lipinski definition) is 2. The second kappa shape index (κ2) is 12.0. The molecule has 0 aromatic carbocycles. The summed E-state index contributed by atoms with van der Waals surface area (Å²) in [6, 6.07) is 0. The van der Waals surface area contributed by atoms with Gasteiger partial charge in [-0.1, -0.05) is 65.3 Å². The van der Waals surface area contributed by atoms with Gasteiger partial charge in [0.1, 0.15) is 0 Å². The van der Waals surface area contributed by atoms with Gasteiger partial charge >= 0.3 is 0 Å². The predicted molar refractivity (Wildman–Crippen MR) is 90.1 cm³/mol. The van der Waals surface area contributed by atoms with E-state index in [1.54, 1.807) is 13.8 Å². The molecule has 0 bridgehead atoms. The summed E-state index contributed by atoms with van der Waals surface area (Å²) < 4.78 is 29.9. The van der Waals surface area contributed by atoms with Crippen LogP contribution in [0.25, 0.3) is 0 Å². The highest BCUT2D eigenvalue weighted by atomic mass is 32.2. The highest BCUT2D eigenvalue weighted by Crippen LogP contribution is 2.39. The molecule has 0 saturated heterocycles. The van der Waals surface area contributed by atoms with Crippen molar-refractivity contribution in [1.82, 2.24) is 0 Å². The van der Waals surface area contributed by atoms with Crippen LogP contribution < -0.4 is 0 Å². The Morgan fingerprint density at radius 3 is 1.11 bits per heavy atom. The van der Waals surface area contributed by atoms with Crippen LogP contribution in [0.5, 0.6) is 0 Å². The van der Waals surface area contributed by atoms with Crippen LogP contribution in [0.15, 0.2) is 0 Å². The summed E-state index contributed by atoms with van der Waals surface area (Å²) in [6.45, 7) is 8.67. The number of rotatable bonds is 3. The van der Waals surface area contributed by atoms with Gasteiger partial charge in [0.05, 0.1) is 4.75 Å². The van der Waals surface area contributed by atoms with Crippen molar-refractivity contribution in [3.8, 4) is 0 Å². The molecule has 0 unspecified atom stereocenters. The van der Waals surface area contributed by atoms with Crippen LogP contribution in [0.2, 0.25) is 0 Å². The molecule has 122 valence electrons. The smallest absolute Gasteiger partial charge is 0.270 e. The minimum Gasteiger partial charge on any atom is -0.285 e. The largest absolute Gasteiger partial charge is 0.285 e. The molecule has 3 nitrogen and oxygen atoms in total. The molecule has 0 saturated carbocycles. The maximum absolute atomic E-state index is 11.0. The summed E-state index contributed by atoms with van der Waals surface area (Å²) in [7, 11) is -3.97. The second-order valence-corrected chi connectivity index (χ2v) is 6.19. The van der Waals surface area contributed by atoms with Crippen LogP contribution in [-0.2, 0) is 10.1 Å². The lowest BCUT2D eigenvalue weighted by Gasteiger charge is -2.37. The van der Waals surface area contributed by atoms with E-state index in [4.69, 9.17) is 4.55 Å². The maximum Gasteiger partial charge on any atom is 0.270 e. The fraction of sp³-hybridized carbons (Fsp3) is 1.00. The van der Waals surface area contributed by atoms with Gasteiger partial charge in [0.2, 0.25) is 0 Å². The zero-order valence-electron chi connectivity index (χ0n) is 8.38. The standard InChI is InChI=1S/C8H18O3S.6CH4/c1-6-7(2,3)8(4,5)12(9,10)11;;;;;;/h6H2,1-5H3,(H,9,10,11);6*1H4. The van der Waals surface area contributed by atoms with Crippen molar-refractivity contribution in [2.75, 3.05) is 0 Å². The molecule has 4 heteroatoms. The molecule has 0 rings (SSSR count). The molecule has 0 aromatic rings. The molecule has 0 amide bonds. The van der Waals surface area contributed by atoms with Crippen LogP contribution in [-0.4, -0.2) is 17.7 Å². The summed E-state index contributed by atoms with van der Waals surface area (Å²) >= 11 is 0. The van der Waals surface area contributed by atoms with Gasteiger partial charge in [0.25, 0.3) is 10.1 Å². The van der Waals surface area contributed by atoms with E-state index in [1.807, 2.05) is 20.8 Å². The van der Waals surface area contributed by atoms with Gasteiger partial charge in [0.15, 0.2) is 0 Å². The predicted octanol–water partition coefficient (Wildman–Crippen LogP) is 5.91. The van der Waals surface area contributed by atoms with Gasteiger partial charge in [-0.25, -0.2) is 0 Å². The summed E-state index contributed by atoms with van der Waals surface area (Å²) in [6.07, 6.45) is 0.708. The van der Waals surface area contributed by atoms with Gasteiger partial charge in [-0.15, -0.1) is 0 Å². The van der Waals surface area contributed by atoms with Crippen molar-refractivity contribution < 1.29 is 13.0 Å². The molecule has 0 aromatic heterocycles. The molecule has 0 fully saturated rings. The van der Waals surface area contributed by atoms with Gasteiger partial charge in [-0.05, 0) is 25.7 Å². The SMILES string of the molecule is C.C.C.C.C.C.CCC(C)(C)C(C)(C)S(=O)(=O)O. The van der Waals surface area contributed by atoms with Crippen LogP contribution in [0.4, 0.5) is 0 Å². The van der Waals surface area contributed by atoms with Gasteiger partial charge in [-0.3, -0.25) is 4.55 Å². The molecule has 0 heterocycles. The summed E-state index contributed by atoms with van der Waals surface area (Å²) in [5.41, 5.74) is -0.416. The molecular weight excluding hydrogens is 248 g/mol. The Hall–Kier alpha value is -0.0900. The first kappa shape index (κ1) is 43.0. The van der Waals surface area contributed by atoms with Gasteiger partial charge < -0.3 is 0 Å². The fourth-order valence-corrected chi connectivity index (χ4v) is 1.62. The second-order valence-electron chi connectivity index (χ2n) is 4.22. The molecular formula is C14H42O3S. The Morgan fingerprint density at radius 2 is 1.06 bits per heavy atom. The van der Waals surface area contributed by atoms with Crippen molar-refractivity contribution in [2.45, 2.75) is 90.3 Å². The Balaban J connectivity index is -0.0000000403. The Bertz CT molecular complexity index is 252. The maximum atomic E-state index is 11.0. The zero-order chi connectivity index (χ0) is 10.2. The van der Waals surface area contributed by atoms with Crippen LogP contribution in [0, 0.1) is 5.41 Å². The average molecular weight is 291 g/mol. The first-order valence-electron chi connectivity index (χ1n) is 4.03. The Kier molecular flexibility index (Phi) is 28.6. The normalized spacial score (nSPS) is 9.89. The van der Waals surface area contributed by atoms with E-state index in [0.717, 1.165) is 0 Å². The van der Waals surface area contributed by atoms with Gasteiger partial charge in [-0.2, -0.15) is 8.42 Å². The topological polar surface area (TPSA) is 54.4 Å². The third kappa shape index (κ3) is 8.09. The van der Waals surface area contributed by atoms with Crippen molar-refractivity contribution in [3.05, 3.63) is 0 Å². The third-order valence-electron chi connectivity index (χ3n) is 3.16. The minimum atomic E-state index is -3.97. The lowest BCUT2D eigenvalue weighted by molar-refractivity contribution is 0.244. The van der Waals surface area contributed by atoms with E-state index >= 15 is 0 Å². The molecule has 0 aliphatic heterocycles. The van der Waals surface area contributed by atoms with Crippen LogP contribution in [0.3, 0.4) is 0 Å².